The van der Waals surface area contributed by atoms with Crippen LogP contribution in [0.25, 0.3) is 0 Å². The smallest absolute Gasteiger partial charge is 0.352 e. The molecule has 264 valence electrons. The first-order chi connectivity index (χ1) is 23.7. The molecule has 1 aliphatic carbocycles. The van der Waals surface area contributed by atoms with Crippen LogP contribution in [0, 0.1) is 6.92 Å². The number of aryl methyl sites for hydroxylation is 1. The third-order valence-electron chi connectivity index (χ3n) is 8.70. The number of carbonyl (C=O) groups is 2. The van der Waals surface area contributed by atoms with Crippen molar-refractivity contribution in [2.75, 3.05) is 10.8 Å². The SMILES string of the molecule is Cc1ccc(S(=O)(=O)N(CC(=O)N(Cc2ccccc2Cl)[C@H](Cc2ccccc2)C(=O)NC2CCCC2)c2ccc(Cl)c(C(F)(F)F)c2)cc1. The Labute approximate surface area is 300 Å². The summed E-state index contributed by atoms with van der Waals surface area (Å²) in [6, 6.07) is 23.0. The molecule has 0 bridgehead atoms. The zero-order valence-electron chi connectivity index (χ0n) is 27.2. The molecule has 0 aromatic heterocycles. The van der Waals surface area contributed by atoms with Crippen molar-refractivity contribution in [2.45, 2.75) is 68.7 Å². The third kappa shape index (κ3) is 8.99. The van der Waals surface area contributed by atoms with Crippen molar-refractivity contribution in [1.29, 1.82) is 0 Å². The van der Waals surface area contributed by atoms with Crippen molar-refractivity contribution in [3.05, 3.63) is 129 Å². The lowest BCUT2D eigenvalue weighted by Gasteiger charge is -2.34. The van der Waals surface area contributed by atoms with Crippen LogP contribution in [-0.2, 0) is 38.8 Å². The number of alkyl halides is 3. The van der Waals surface area contributed by atoms with Gasteiger partial charge >= 0.3 is 6.18 Å². The van der Waals surface area contributed by atoms with Gasteiger partial charge in [-0.15, -0.1) is 0 Å². The van der Waals surface area contributed by atoms with Gasteiger partial charge in [-0.3, -0.25) is 13.9 Å². The molecular weight excluding hydrogens is 710 g/mol. The zero-order chi connectivity index (χ0) is 36.1. The second kappa shape index (κ2) is 15.9. The number of sulfonamides is 1. The van der Waals surface area contributed by atoms with E-state index in [1.165, 1.54) is 17.0 Å². The van der Waals surface area contributed by atoms with Crippen LogP contribution in [-0.4, -0.2) is 43.8 Å². The van der Waals surface area contributed by atoms with Crippen LogP contribution in [0.1, 0.15) is 47.9 Å². The zero-order valence-corrected chi connectivity index (χ0v) is 29.5. The quantitative estimate of drug-likeness (QED) is 0.158. The Bertz CT molecular complexity index is 1920. The summed E-state index contributed by atoms with van der Waals surface area (Å²) in [5.41, 5.74) is 0.295. The summed E-state index contributed by atoms with van der Waals surface area (Å²) in [4.78, 5) is 29.8. The van der Waals surface area contributed by atoms with Gasteiger partial charge in [0.2, 0.25) is 11.8 Å². The van der Waals surface area contributed by atoms with Crippen LogP contribution in [0.4, 0.5) is 18.9 Å². The van der Waals surface area contributed by atoms with Crippen molar-refractivity contribution in [3.63, 3.8) is 0 Å². The Morgan fingerprint density at radius 2 is 1.52 bits per heavy atom. The minimum atomic E-state index is -4.91. The summed E-state index contributed by atoms with van der Waals surface area (Å²) in [5, 5.41) is 2.76. The first kappa shape index (κ1) is 37.2. The molecule has 0 radical (unpaired) electrons. The number of hydrogen-bond acceptors (Lipinski definition) is 4. The fourth-order valence-corrected chi connectivity index (χ4v) is 7.81. The monoisotopic (exact) mass is 745 g/mol. The number of anilines is 1. The lowest BCUT2D eigenvalue weighted by molar-refractivity contribution is -0.140. The fourth-order valence-electron chi connectivity index (χ4n) is 5.98. The first-order valence-corrected chi connectivity index (χ1v) is 18.3. The van der Waals surface area contributed by atoms with Gasteiger partial charge in [0, 0.05) is 24.0 Å². The average molecular weight is 747 g/mol. The van der Waals surface area contributed by atoms with Crippen molar-refractivity contribution in [3.8, 4) is 0 Å². The number of benzene rings is 4. The Hall–Kier alpha value is -4.06. The van der Waals surface area contributed by atoms with Crippen LogP contribution in [0.15, 0.2) is 102 Å². The van der Waals surface area contributed by atoms with Gasteiger partial charge in [0.25, 0.3) is 10.0 Å². The van der Waals surface area contributed by atoms with E-state index in [1.807, 2.05) is 18.2 Å². The Morgan fingerprint density at radius 3 is 2.16 bits per heavy atom. The maximum absolute atomic E-state index is 14.6. The van der Waals surface area contributed by atoms with Gasteiger partial charge in [0.1, 0.15) is 12.6 Å². The van der Waals surface area contributed by atoms with Crippen molar-refractivity contribution in [2.24, 2.45) is 0 Å². The highest BCUT2D eigenvalue weighted by molar-refractivity contribution is 7.92. The molecule has 1 N–H and O–H groups in total. The Kier molecular flexibility index (Phi) is 11.8. The molecule has 0 saturated heterocycles. The number of nitrogens with zero attached hydrogens (tertiary/aromatic N) is 2. The van der Waals surface area contributed by atoms with E-state index in [4.69, 9.17) is 23.2 Å². The number of amides is 2. The average Bonchev–Trinajstić information content (AvgIpc) is 3.59. The molecule has 13 heteroatoms. The molecule has 4 aromatic rings. The summed E-state index contributed by atoms with van der Waals surface area (Å²) < 4.78 is 71.1. The van der Waals surface area contributed by atoms with Crippen LogP contribution in [0.5, 0.6) is 0 Å². The highest BCUT2D eigenvalue weighted by Gasteiger charge is 2.38. The fraction of sp³-hybridized carbons (Fsp3) is 0.297. The molecule has 1 aliphatic rings. The Balaban J connectivity index is 1.62. The van der Waals surface area contributed by atoms with Crippen molar-refractivity contribution >= 4 is 50.7 Å². The summed E-state index contributed by atoms with van der Waals surface area (Å²) in [7, 11) is -4.63. The molecule has 2 amide bonds. The predicted octanol–water partition coefficient (Wildman–Crippen LogP) is 8.21. The number of hydrogen-bond donors (Lipinski definition) is 1. The van der Waals surface area contributed by atoms with Gasteiger partial charge in [0.15, 0.2) is 0 Å². The Morgan fingerprint density at radius 1 is 0.880 bits per heavy atom. The summed E-state index contributed by atoms with van der Waals surface area (Å²) in [6.45, 7) is 0.644. The molecule has 0 heterocycles. The topological polar surface area (TPSA) is 86.8 Å². The maximum Gasteiger partial charge on any atom is 0.417 e. The minimum absolute atomic E-state index is 0.0828. The molecule has 1 atom stereocenters. The molecule has 1 saturated carbocycles. The molecular formula is C37H36Cl2F3N3O4S. The molecule has 4 aromatic carbocycles. The first-order valence-electron chi connectivity index (χ1n) is 16.1. The largest absolute Gasteiger partial charge is 0.417 e. The lowest BCUT2D eigenvalue weighted by atomic mass is 10.0. The molecule has 0 spiro atoms. The molecule has 50 heavy (non-hydrogen) atoms. The summed E-state index contributed by atoms with van der Waals surface area (Å²) in [6.07, 6.45) is -1.37. The summed E-state index contributed by atoms with van der Waals surface area (Å²) >= 11 is 12.4. The van der Waals surface area contributed by atoms with E-state index in [1.54, 1.807) is 55.5 Å². The van der Waals surface area contributed by atoms with E-state index < -0.39 is 56.9 Å². The van der Waals surface area contributed by atoms with Gasteiger partial charge in [-0.2, -0.15) is 13.2 Å². The van der Waals surface area contributed by atoms with E-state index in [0.717, 1.165) is 48.9 Å². The predicted molar refractivity (Wildman–Crippen MR) is 188 cm³/mol. The van der Waals surface area contributed by atoms with Crippen LogP contribution < -0.4 is 9.62 Å². The molecule has 7 nitrogen and oxygen atoms in total. The van der Waals surface area contributed by atoms with E-state index >= 15 is 0 Å². The molecule has 0 aliphatic heterocycles. The number of nitrogens with one attached hydrogen (secondary N) is 1. The highest BCUT2D eigenvalue weighted by Crippen LogP contribution is 2.38. The second-order valence-corrected chi connectivity index (χ2v) is 15.0. The van der Waals surface area contributed by atoms with Crippen LogP contribution in [0.2, 0.25) is 10.0 Å². The second-order valence-electron chi connectivity index (χ2n) is 12.3. The van der Waals surface area contributed by atoms with E-state index in [0.29, 0.717) is 21.0 Å². The van der Waals surface area contributed by atoms with Gasteiger partial charge in [0.05, 0.1) is 21.2 Å². The normalized spacial score (nSPS) is 14.3. The van der Waals surface area contributed by atoms with Gasteiger partial charge in [-0.1, -0.05) is 102 Å². The van der Waals surface area contributed by atoms with Crippen molar-refractivity contribution in [1.82, 2.24) is 10.2 Å². The number of halogens is 5. The van der Waals surface area contributed by atoms with Gasteiger partial charge in [-0.05, 0) is 67.3 Å². The highest BCUT2D eigenvalue weighted by atomic mass is 35.5. The minimum Gasteiger partial charge on any atom is -0.352 e. The number of rotatable bonds is 12. The molecule has 1 fully saturated rings. The standard InChI is InChI=1S/C37H36Cl2F3N3O4S/c1-25-15-18-30(19-16-25)50(48,49)45(29-17-20-33(39)31(22-29)37(40,41)42)24-35(46)44(23-27-11-5-8-14-32(27)38)34(21-26-9-3-2-4-10-26)36(47)43-28-12-6-7-13-28/h2-5,8-11,14-20,22,28,34H,6-7,12-13,21,23-24H2,1H3,(H,43,47)/t34-/m1/s1. The van der Waals surface area contributed by atoms with Gasteiger partial charge in [-0.25, -0.2) is 8.42 Å². The van der Waals surface area contributed by atoms with Crippen molar-refractivity contribution < 1.29 is 31.2 Å². The van der Waals surface area contributed by atoms with E-state index in [-0.39, 0.29) is 23.9 Å². The third-order valence-corrected chi connectivity index (χ3v) is 11.2. The molecule has 5 rings (SSSR count). The van der Waals surface area contributed by atoms with E-state index in [9.17, 15) is 31.2 Å². The lowest BCUT2D eigenvalue weighted by Crippen LogP contribution is -2.54. The maximum atomic E-state index is 14.6. The number of carbonyl (C=O) groups excluding carboxylic acids is 2. The van der Waals surface area contributed by atoms with E-state index in [2.05, 4.69) is 5.32 Å². The van der Waals surface area contributed by atoms with Crippen LogP contribution >= 0.6 is 23.2 Å². The van der Waals surface area contributed by atoms with Gasteiger partial charge < -0.3 is 10.2 Å². The summed E-state index contributed by atoms with van der Waals surface area (Å²) in [5.74, 6) is -1.26. The molecule has 0 unspecified atom stereocenters. The van der Waals surface area contributed by atoms with Crippen LogP contribution in [0.3, 0.4) is 0 Å².